The average molecular weight is 781 g/mol. The molecule has 5 aromatic rings. The first-order valence-corrected chi connectivity index (χ1v) is 18.6. The molecule has 0 aliphatic heterocycles. The molecule has 0 bridgehead atoms. The Morgan fingerprint density at radius 1 is 0.480 bits per heavy atom. The molecule has 50 heavy (non-hydrogen) atoms. The number of anilines is 2. The molecule has 0 heterocycles. The topological polar surface area (TPSA) is 281 Å². The Bertz CT molecular complexity index is 2470. The van der Waals surface area contributed by atoms with Gasteiger partial charge in [-0.2, -0.15) is 16.8 Å². The van der Waals surface area contributed by atoms with Crippen LogP contribution in [0.1, 0.15) is 20.7 Å². The van der Waals surface area contributed by atoms with E-state index in [1.54, 1.807) is 0 Å². The monoisotopic (exact) mass is 780 g/mol. The van der Waals surface area contributed by atoms with Crippen molar-refractivity contribution in [2.75, 3.05) is 10.6 Å². The Labute approximate surface area is 328 Å². The van der Waals surface area contributed by atoms with Crippen molar-refractivity contribution >= 4 is 85.2 Å². The van der Waals surface area contributed by atoms with Crippen LogP contribution in [0.25, 0.3) is 21.5 Å². The fourth-order valence-electron chi connectivity index (χ4n) is 4.93. The number of hydrogen-bond donors (Lipinski definition) is 4. The summed E-state index contributed by atoms with van der Waals surface area (Å²) in [6.07, 6.45) is 0. The summed E-state index contributed by atoms with van der Waals surface area (Å²) in [6.45, 7) is 0. The molecule has 250 valence electrons. The van der Waals surface area contributed by atoms with Crippen LogP contribution in [-0.4, -0.2) is 63.7 Å². The number of benzene rings is 5. The smallest absolute Gasteiger partial charge is 0.744 e. The number of rotatable bonds is 8. The fourth-order valence-corrected chi connectivity index (χ4v) is 7.73. The Kier molecular flexibility index (Phi) is 12.5. The number of fused-ring (bicyclic) bond motifs is 2. The van der Waals surface area contributed by atoms with Gasteiger partial charge in [0.25, 0.3) is 32.1 Å². The van der Waals surface area contributed by atoms with E-state index in [0.29, 0.717) is 0 Å². The van der Waals surface area contributed by atoms with Gasteiger partial charge in [0.05, 0.1) is 21.2 Å². The van der Waals surface area contributed by atoms with Crippen molar-refractivity contribution in [2.45, 2.75) is 19.6 Å². The fraction of sp³-hybridized carbons (Fsp3) is 0. The third-order valence-electron chi connectivity index (χ3n) is 6.92. The van der Waals surface area contributed by atoms with E-state index in [1.165, 1.54) is 0 Å². The first-order valence-electron chi connectivity index (χ1n) is 12.9. The van der Waals surface area contributed by atoms with Crippen LogP contribution in [0, 0.1) is 0 Å². The van der Waals surface area contributed by atoms with Gasteiger partial charge in [0, 0.05) is 32.7 Å². The maximum atomic E-state index is 13.1. The molecule has 22 heteroatoms. The summed E-state index contributed by atoms with van der Waals surface area (Å²) in [5, 5.41) is 3.03. The van der Waals surface area contributed by atoms with E-state index < -0.39 is 93.4 Å². The largest absolute Gasteiger partial charge is 1.00 e. The summed E-state index contributed by atoms with van der Waals surface area (Å²) < 4.78 is 138. The van der Waals surface area contributed by atoms with Crippen molar-refractivity contribution in [3.63, 3.8) is 0 Å². The molecule has 0 radical (unpaired) electrons. The van der Waals surface area contributed by atoms with Gasteiger partial charge in [0.2, 0.25) is 0 Å². The Morgan fingerprint density at radius 3 is 1.08 bits per heavy atom. The summed E-state index contributed by atoms with van der Waals surface area (Å²) in [7, 11) is -20.2. The van der Waals surface area contributed by atoms with Crippen LogP contribution < -0.4 is 69.7 Å². The van der Waals surface area contributed by atoms with Gasteiger partial charge >= 0.3 is 59.1 Å². The number of carbonyl (C=O) groups excluding carboxylic acids is 2. The SMILES string of the molecule is O=C(Nc1ccc(S(=O)(=O)[O-])c2cccc(S(=O)(=O)O)c12)c1ccc(C(=O)Nc2ccc(S(=O)(=O)[O-])c3cccc(S(=O)(=O)O)c23)cc1.[Na+].[Na+]. The van der Waals surface area contributed by atoms with Crippen LogP contribution in [0.4, 0.5) is 11.4 Å². The second-order valence-electron chi connectivity index (χ2n) is 9.92. The average Bonchev–Trinajstić information content (AvgIpc) is 2.98. The van der Waals surface area contributed by atoms with Gasteiger partial charge in [-0.3, -0.25) is 18.7 Å². The molecule has 2 amide bonds. The van der Waals surface area contributed by atoms with Gasteiger partial charge in [0.1, 0.15) is 30.0 Å². The zero-order chi connectivity index (χ0) is 35.4. The molecule has 4 N–H and O–H groups in total. The molecule has 0 aliphatic rings. The molecule has 5 aromatic carbocycles. The minimum absolute atomic E-state index is 0. The summed E-state index contributed by atoms with van der Waals surface area (Å²) in [4.78, 5) is 23.0. The van der Waals surface area contributed by atoms with Gasteiger partial charge in [-0.25, -0.2) is 16.8 Å². The Hall–Kier alpha value is -2.80. The molecular weight excluding hydrogens is 763 g/mol. The standard InChI is InChI=1S/C28H20N2O14S4.2Na/c31-27(29-19-11-13-21(45(33,34)35)17-3-1-5-23(25(17)19)47(39,40)41)15-7-9-16(10-8-15)28(32)30-20-12-14-22(46(36,37)38)18-4-2-6-24(26(18)20)48(42,43)44;;/h1-14H,(H,29,31)(H,30,32)(H,33,34,35)(H,36,37,38)(H,39,40,41)(H,42,43,44);;/q;2*+1/p-2. The van der Waals surface area contributed by atoms with E-state index in [-0.39, 0.29) is 81.6 Å². The number of amides is 2. The normalized spacial score (nSPS) is 12.1. The zero-order valence-electron chi connectivity index (χ0n) is 25.5. The molecule has 0 fully saturated rings. The molecular formula is C28H18N2Na2O14S4. The van der Waals surface area contributed by atoms with Crippen LogP contribution in [0.5, 0.6) is 0 Å². The van der Waals surface area contributed by atoms with Crippen molar-refractivity contribution in [1.29, 1.82) is 0 Å². The van der Waals surface area contributed by atoms with E-state index in [9.17, 15) is 61.5 Å². The molecule has 0 spiro atoms. The van der Waals surface area contributed by atoms with Crippen LogP contribution >= 0.6 is 0 Å². The van der Waals surface area contributed by atoms with Crippen LogP contribution in [0.15, 0.2) is 105 Å². The van der Waals surface area contributed by atoms with Gasteiger partial charge < -0.3 is 19.7 Å². The third-order valence-corrected chi connectivity index (χ3v) is 10.5. The molecule has 0 aliphatic carbocycles. The summed E-state index contributed by atoms with van der Waals surface area (Å²) >= 11 is 0. The number of hydrogen-bond acceptors (Lipinski definition) is 12. The second kappa shape index (κ2) is 15.0. The van der Waals surface area contributed by atoms with Crippen molar-refractivity contribution < 1.29 is 121 Å². The predicted octanol–water partition coefficient (Wildman–Crippen LogP) is -3.19. The van der Waals surface area contributed by atoms with E-state index in [2.05, 4.69) is 10.6 Å². The van der Waals surface area contributed by atoms with E-state index in [1.807, 2.05) is 0 Å². The van der Waals surface area contributed by atoms with Crippen LogP contribution in [-0.2, 0) is 40.5 Å². The zero-order valence-corrected chi connectivity index (χ0v) is 32.8. The summed E-state index contributed by atoms with van der Waals surface area (Å²) in [5.41, 5.74) is -0.813. The minimum atomic E-state index is -5.12. The Morgan fingerprint density at radius 2 is 0.800 bits per heavy atom. The van der Waals surface area contributed by atoms with Gasteiger partial charge in [-0.1, -0.05) is 24.3 Å². The summed E-state index contributed by atoms with van der Waals surface area (Å²) in [5.74, 6) is -1.80. The Balaban J connectivity index is 0.00000338. The van der Waals surface area contributed by atoms with Gasteiger partial charge in [-0.05, 0) is 60.7 Å². The second-order valence-corrected chi connectivity index (χ2v) is 15.4. The summed E-state index contributed by atoms with van der Waals surface area (Å²) in [6, 6.07) is 14.5. The molecule has 16 nitrogen and oxygen atoms in total. The van der Waals surface area contributed by atoms with E-state index >= 15 is 0 Å². The van der Waals surface area contributed by atoms with Crippen molar-refractivity contribution in [3.8, 4) is 0 Å². The quantitative estimate of drug-likeness (QED) is 0.0892. The van der Waals surface area contributed by atoms with Gasteiger partial charge in [-0.15, -0.1) is 0 Å². The van der Waals surface area contributed by atoms with Crippen molar-refractivity contribution in [2.24, 2.45) is 0 Å². The maximum absolute atomic E-state index is 13.1. The molecule has 0 atom stereocenters. The molecule has 0 aromatic heterocycles. The number of nitrogens with one attached hydrogen (secondary N) is 2. The molecule has 5 rings (SSSR count). The third kappa shape index (κ3) is 8.62. The molecule has 0 saturated heterocycles. The van der Waals surface area contributed by atoms with Crippen LogP contribution in [0.2, 0.25) is 0 Å². The minimum Gasteiger partial charge on any atom is -0.744 e. The van der Waals surface area contributed by atoms with E-state index in [4.69, 9.17) is 0 Å². The first kappa shape index (κ1) is 41.6. The van der Waals surface area contributed by atoms with E-state index in [0.717, 1.165) is 84.9 Å². The molecule has 0 unspecified atom stereocenters. The van der Waals surface area contributed by atoms with Crippen molar-refractivity contribution in [3.05, 3.63) is 96.1 Å². The first-order chi connectivity index (χ1) is 22.2. The number of carbonyl (C=O) groups is 2. The van der Waals surface area contributed by atoms with Crippen LogP contribution in [0.3, 0.4) is 0 Å². The maximum Gasteiger partial charge on any atom is 1.00 e. The van der Waals surface area contributed by atoms with Gasteiger partial charge in [0.15, 0.2) is 0 Å². The van der Waals surface area contributed by atoms with Crippen molar-refractivity contribution in [1.82, 2.24) is 0 Å². The molecule has 0 saturated carbocycles. The predicted molar refractivity (Wildman–Crippen MR) is 166 cm³/mol.